The van der Waals surface area contributed by atoms with Crippen LogP contribution in [0.2, 0.25) is 0 Å². The zero-order valence-electron chi connectivity index (χ0n) is 17.9. The maximum Gasteiger partial charge on any atom is 0.254 e. The third kappa shape index (κ3) is 5.27. The molecule has 2 amide bonds. The molecule has 0 aliphatic carbocycles. The highest BCUT2D eigenvalue weighted by Gasteiger charge is 2.24. The third-order valence-electron chi connectivity index (χ3n) is 5.25. The predicted octanol–water partition coefficient (Wildman–Crippen LogP) is 3.37. The van der Waals surface area contributed by atoms with Crippen LogP contribution in [0.15, 0.2) is 29.8 Å². The summed E-state index contributed by atoms with van der Waals surface area (Å²) in [5, 5.41) is 0. The Hall–Kier alpha value is -2.50. The number of nitrogens with zero attached hydrogens (tertiary/aromatic N) is 2. The predicted molar refractivity (Wildman–Crippen MR) is 110 cm³/mol. The lowest BCUT2D eigenvalue weighted by atomic mass is 9.87. The van der Waals surface area contributed by atoms with Gasteiger partial charge >= 0.3 is 0 Å². The van der Waals surface area contributed by atoms with E-state index in [0.717, 1.165) is 12.0 Å². The van der Waals surface area contributed by atoms with Crippen LogP contribution in [0.25, 0.3) is 0 Å². The summed E-state index contributed by atoms with van der Waals surface area (Å²) in [6.45, 7) is 10.6. The Morgan fingerprint density at radius 1 is 0.964 bits per heavy atom. The van der Waals surface area contributed by atoms with Gasteiger partial charge in [0.05, 0.1) is 14.2 Å². The van der Waals surface area contributed by atoms with Gasteiger partial charge in [-0.2, -0.15) is 0 Å². The van der Waals surface area contributed by atoms with E-state index in [-0.39, 0.29) is 17.2 Å². The number of hydrogen-bond acceptors (Lipinski definition) is 4. The molecule has 0 unspecified atom stereocenters. The molecule has 154 valence electrons. The summed E-state index contributed by atoms with van der Waals surface area (Å²) in [5.74, 6) is 1.08. The minimum Gasteiger partial charge on any atom is -0.493 e. The van der Waals surface area contributed by atoms with E-state index in [1.54, 1.807) is 43.4 Å². The average Bonchev–Trinajstić information content (AvgIpc) is 2.92. The molecule has 0 spiro atoms. The van der Waals surface area contributed by atoms with Gasteiger partial charge in [-0.1, -0.05) is 26.3 Å². The highest BCUT2D eigenvalue weighted by Crippen LogP contribution is 2.28. The first-order valence-corrected chi connectivity index (χ1v) is 9.66. The summed E-state index contributed by atoms with van der Waals surface area (Å²) in [6.07, 6.45) is 2.49. The van der Waals surface area contributed by atoms with Crippen LogP contribution in [0, 0.1) is 5.41 Å². The van der Waals surface area contributed by atoms with E-state index < -0.39 is 0 Å². The Kier molecular flexibility index (Phi) is 7.11. The van der Waals surface area contributed by atoms with E-state index in [0.29, 0.717) is 43.2 Å². The van der Waals surface area contributed by atoms with Crippen molar-refractivity contribution in [2.24, 2.45) is 5.41 Å². The van der Waals surface area contributed by atoms with Crippen molar-refractivity contribution >= 4 is 11.8 Å². The van der Waals surface area contributed by atoms with Crippen LogP contribution in [0.3, 0.4) is 0 Å². The standard InChI is InChI=1S/C22H32N2O4/c1-16(22(2,3)4)14-20(25)23-10-7-11-24(13-12-23)21(26)17-8-9-18(27-5)19(15-17)28-6/h8-9,14-15H,7,10-13H2,1-6H3/b16-14+. The molecular formula is C22H32N2O4. The molecule has 0 atom stereocenters. The SMILES string of the molecule is COc1ccc(C(=O)N2CCCN(C(=O)/C=C(\C)C(C)(C)C)CC2)cc1OC. The monoisotopic (exact) mass is 388 g/mol. The summed E-state index contributed by atoms with van der Waals surface area (Å²) < 4.78 is 10.5. The summed E-state index contributed by atoms with van der Waals surface area (Å²) in [4.78, 5) is 29.2. The first kappa shape index (κ1) is 21.8. The van der Waals surface area contributed by atoms with Gasteiger partial charge in [0.1, 0.15) is 0 Å². The summed E-state index contributed by atoms with van der Waals surface area (Å²) in [6, 6.07) is 5.18. The number of benzene rings is 1. The maximum absolute atomic E-state index is 12.9. The second-order valence-electron chi connectivity index (χ2n) is 8.12. The van der Waals surface area contributed by atoms with E-state index in [4.69, 9.17) is 9.47 Å². The molecule has 0 N–H and O–H groups in total. The van der Waals surface area contributed by atoms with Gasteiger partial charge in [-0.15, -0.1) is 0 Å². The molecule has 1 fully saturated rings. The van der Waals surface area contributed by atoms with Crippen molar-refractivity contribution in [1.82, 2.24) is 9.80 Å². The van der Waals surface area contributed by atoms with Crippen LogP contribution in [-0.2, 0) is 4.79 Å². The number of methoxy groups -OCH3 is 2. The summed E-state index contributed by atoms with van der Waals surface area (Å²) in [5.41, 5.74) is 1.58. The Labute approximate surface area is 168 Å². The molecule has 0 bridgehead atoms. The van der Waals surface area contributed by atoms with Crippen LogP contribution in [0.4, 0.5) is 0 Å². The Balaban J connectivity index is 2.07. The van der Waals surface area contributed by atoms with Gasteiger partial charge in [-0.05, 0) is 37.0 Å². The highest BCUT2D eigenvalue weighted by molar-refractivity contribution is 5.95. The fourth-order valence-electron chi connectivity index (χ4n) is 2.99. The van der Waals surface area contributed by atoms with Gasteiger partial charge in [-0.25, -0.2) is 0 Å². The lowest BCUT2D eigenvalue weighted by Gasteiger charge is -2.23. The van der Waals surface area contributed by atoms with Crippen molar-refractivity contribution in [3.63, 3.8) is 0 Å². The van der Waals surface area contributed by atoms with E-state index in [9.17, 15) is 9.59 Å². The minimum absolute atomic E-state index is 0.0211. The molecule has 1 aliphatic heterocycles. The lowest BCUT2D eigenvalue weighted by Crippen LogP contribution is -2.37. The fourth-order valence-corrected chi connectivity index (χ4v) is 2.99. The van der Waals surface area contributed by atoms with Gasteiger partial charge in [-0.3, -0.25) is 9.59 Å². The molecule has 2 rings (SSSR count). The molecule has 0 saturated carbocycles. The summed E-state index contributed by atoms with van der Waals surface area (Å²) in [7, 11) is 3.12. The van der Waals surface area contributed by atoms with Gasteiger partial charge < -0.3 is 19.3 Å². The first-order valence-electron chi connectivity index (χ1n) is 9.66. The van der Waals surface area contributed by atoms with Crippen LogP contribution in [-0.4, -0.2) is 62.0 Å². The molecule has 1 heterocycles. The maximum atomic E-state index is 12.9. The Morgan fingerprint density at radius 2 is 1.57 bits per heavy atom. The van der Waals surface area contributed by atoms with Crippen molar-refractivity contribution < 1.29 is 19.1 Å². The fraction of sp³-hybridized carbons (Fsp3) is 0.545. The molecule has 1 aromatic rings. The molecular weight excluding hydrogens is 356 g/mol. The highest BCUT2D eigenvalue weighted by atomic mass is 16.5. The van der Waals surface area contributed by atoms with Gasteiger partial charge in [0.2, 0.25) is 5.91 Å². The molecule has 1 saturated heterocycles. The molecule has 1 aromatic carbocycles. The molecule has 0 aromatic heterocycles. The second-order valence-corrected chi connectivity index (χ2v) is 8.12. The quantitative estimate of drug-likeness (QED) is 0.742. The Bertz CT molecular complexity index is 749. The van der Waals surface area contributed by atoms with Crippen LogP contribution < -0.4 is 9.47 Å². The number of allylic oxidation sites excluding steroid dienone is 1. The van der Waals surface area contributed by atoms with Crippen molar-refractivity contribution in [1.29, 1.82) is 0 Å². The molecule has 28 heavy (non-hydrogen) atoms. The number of carbonyl (C=O) groups is 2. The van der Waals surface area contributed by atoms with Crippen molar-refractivity contribution in [2.75, 3.05) is 40.4 Å². The number of amides is 2. The smallest absolute Gasteiger partial charge is 0.254 e. The largest absolute Gasteiger partial charge is 0.493 e. The minimum atomic E-state index is -0.0586. The van der Waals surface area contributed by atoms with Crippen molar-refractivity contribution in [3.05, 3.63) is 35.4 Å². The van der Waals surface area contributed by atoms with Gasteiger partial charge in [0.15, 0.2) is 11.5 Å². The molecule has 0 radical (unpaired) electrons. The van der Waals surface area contributed by atoms with Gasteiger partial charge in [0, 0.05) is 37.8 Å². The normalized spacial score (nSPS) is 15.9. The molecule has 6 heteroatoms. The number of rotatable bonds is 4. The summed E-state index contributed by atoms with van der Waals surface area (Å²) >= 11 is 0. The lowest BCUT2D eigenvalue weighted by molar-refractivity contribution is -0.126. The van der Waals surface area contributed by atoms with Crippen molar-refractivity contribution in [2.45, 2.75) is 34.1 Å². The number of hydrogen-bond donors (Lipinski definition) is 0. The second kappa shape index (κ2) is 9.13. The van der Waals surface area contributed by atoms with E-state index in [2.05, 4.69) is 20.8 Å². The Morgan fingerprint density at radius 3 is 2.18 bits per heavy atom. The number of carbonyl (C=O) groups excluding carboxylic acids is 2. The van der Waals surface area contributed by atoms with E-state index >= 15 is 0 Å². The zero-order chi connectivity index (χ0) is 20.9. The van der Waals surface area contributed by atoms with Crippen molar-refractivity contribution in [3.8, 4) is 11.5 Å². The molecule has 1 aliphatic rings. The zero-order valence-corrected chi connectivity index (χ0v) is 17.9. The average molecular weight is 389 g/mol. The van der Waals surface area contributed by atoms with Crippen LogP contribution in [0.1, 0.15) is 44.5 Å². The third-order valence-corrected chi connectivity index (χ3v) is 5.25. The molecule has 6 nitrogen and oxygen atoms in total. The van der Waals surface area contributed by atoms with Crippen LogP contribution >= 0.6 is 0 Å². The van der Waals surface area contributed by atoms with E-state index in [1.165, 1.54) is 0 Å². The topological polar surface area (TPSA) is 59.1 Å². The van der Waals surface area contributed by atoms with Gasteiger partial charge in [0.25, 0.3) is 5.91 Å². The van der Waals surface area contributed by atoms with E-state index in [1.807, 2.05) is 11.8 Å². The number of ether oxygens (including phenoxy) is 2. The van der Waals surface area contributed by atoms with Crippen LogP contribution in [0.5, 0.6) is 11.5 Å². The first-order chi connectivity index (χ1) is 13.2.